The first-order valence-corrected chi connectivity index (χ1v) is 8.29. The molecule has 0 saturated carbocycles. The van der Waals surface area contributed by atoms with Crippen LogP contribution < -0.4 is 5.32 Å². The van der Waals surface area contributed by atoms with Gasteiger partial charge < -0.3 is 5.32 Å². The van der Waals surface area contributed by atoms with Crippen molar-refractivity contribution in [3.05, 3.63) is 60.2 Å². The topological polar surface area (TPSA) is 24.4 Å². The van der Waals surface area contributed by atoms with E-state index in [1.165, 1.54) is 41.8 Å². The molecule has 2 nitrogen and oxygen atoms in total. The van der Waals surface area contributed by atoms with Crippen LogP contribution in [0.1, 0.15) is 44.2 Å². The van der Waals surface area contributed by atoms with Crippen molar-refractivity contribution >= 4 is 18.2 Å². The highest BCUT2D eigenvalue weighted by Crippen LogP contribution is 2.23. The van der Waals surface area contributed by atoms with Gasteiger partial charge in [-0.05, 0) is 36.5 Å². The van der Waals surface area contributed by atoms with Crippen molar-refractivity contribution in [3.8, 4) is 11.1 Å². The maximum Gasteiger partial charge on any atom is 0.0970 e. The Hall–Kier alpha value is -1.80. The Bertz CT molecular complexity index is 610. The van der Waals surface area contributed by atoms with Crippen LogP contribution in [0.4, 0.5) is 0 Å². The minimum Gasteiger partial charge on any atom is -0.374 e. The predicted octanol–water partition coefficient (Wildman–Crippen LogP) is 5.40. The summed E-state index contributed by atoms with van der Waals surface area (Å²) in [5.74, 6) is 1.18. The van der Waals surface area contributed by atoms with Gasteiger partial charge in [-0.2, -0.15) is 0 Å². The lowest BCUT2D eigenvalue weighted by molar-refractivity contribution is 0.721. The van der Waals surface area contributed by atoms with E-state index >= 15 is 0 Å². The minimum atomic E-state index is 0. The van der Waals surface area contributed by atoms with E-state index in [4.69, 9.17) is 4.99 Å². The summed E-state index contributed by atoms with van der Waals surface area (Å²) in [5.41, 5.74) is 3.80. The Kier molecular flexibility index (Phi) is 6.66. The molecule has 2 aromatic rings. The third-order valence-electron chi connectivity index (χ3n) is 4.27. The fourth-order valence-corrected chi connectivity index (χ4v) is 2.92. The normalized spacial score (nSPS) is 17.7. The number of rotatable bonds is 3. The second kappa shape index (κ2) is 8.73. The molecule has 2 aromatic carbocycles. The molecule has 122 valence electrons. The Morgan fingerprint density at radius 2 is 1.57 bits per heavy atom. The number of halogens is 1. The summed E-state index contributed by atoms with van der Waals surface area (Å²) in [6.07, 6.45) is 4.92. The lowest BCUT2D eigenvalue weighted by atomic mass is 10.0. The summed E-state index contributed by atoms with van der Waals surface area (Å²) < 4.78 is 0. The van der Waals surface area contributed by atoms with Gasteiger partial charge in [0, 0.05) is 13.0 Å². The fraction of sp³-hybridized carbons (Fsp3) is 0.350. The first kappa shape index (κ1) is 17.6. The second-order valence-electron chi connectivity index (χ2n) is 5.98. The lowest BCUT2D eigenvalue weighted by Crippen LogP contribution is -2.22. The fourth-order valence-electron chi connectivity index (χ4n) is 2.92. The standard InChI is InChI=1S/C20H24N2.ClH/c1-16(22-20-10-6-3-7-15-21-20)17-11-13-19(14-12-17)18-8-4-2-5-9-18;/h2,4-5,8-9,11-14,16H,3,6-7,10,15H2,1H3,(H,21,22);1H. The van der Waals surface area contributed by atoms with E-state index in [2.05, 4.69) is 66.8 Å². The zero-order valence-electron chi connectivity index (χ0n) is 13.7. The van der Waals surface area contributed by atoms with Crippen LogP contribution in [-0.2, 0) is 0 Å². The molecule has 0 aliphatic carbocycles. The maximum absolute atomic E-state index is 4.87. The van der Waals surface area contributed by atoms with Crippen LogP contribution >= 0.6 is 12.4 Å². The van der Waals surface area contributed by atoms with Gasteiger partial charge in [0.2, 0.25) is 0 Å². The number of aliphatic imine (C=N–C) groups is 1. The monoisotopic (exact) mass is 328 g/mol. The van der Waals surface area contributed by atoms with Crippen LogP contribution in [0.3, 0.4) is 0 Å². The van der Waals surface area contributed by atoms with Crippen molar-refractivity contribution in [2.75, 3.05) is 6.54 Å². The molecule has 0 bridgehead atoms. The SMILES string of the molecule is CC(/N=C1/CCCCCN1)c1ccc(-c2ccccc2)cc1.Cl. The summed E-state index contributed by atoms with van der Waals surface area (Å²) >= 11 is 0. The van der Waals surface area contributed by atoms with E-state index in [1.807, 2.05) is 0 Å². The van der Waals surface area contributed by atoms with Crippen molar-refractivity contribution in [1.29, 1.82) is 0 Å². The molecular weight excluding hydrogens is 304 g/mol. The van der Waals surface area contributed by atoms with Crippen LogP contribution in [0.25, 0.3) is 11.1 Å². The quantitative estimate of drug-likeness (QED) is 0.801. The van der Waals surface area contributed by atoms with Gasteiger partial charge in [0.1, 0.15) is 0 Å². The van der Waals surface area contributed by atoms with Crippen molar-refractivity contribution in [2.45, 2.75) is 38.6 Å². The summed E-state index contributed by atoms with van der Waals surface area (Å²) in [6.45, 7) is 3.25. The second-order valence-corrected chi connectivity index (χ2v) is 5.98. The summed E-state index contributed by atoms with van der Waals surface area (Å²) in [7, 11) is 0. The molecule has 3 rings (SSSR count). The number of hydrogen-bond acceptors (Lipinski definition) is 1. The van der Waals surface area contributed by atoms with Gasteiger partial charge in [0.15, 0.2) is 0 Å². The Balaban J connectivity index is 0.00000192. The minimum absolute atomic E-state index is 0. The average Bonchev–Trinajstić information content (AvgIpc) is 2.84. The number of benzene rings is 2. The molecule has 0 spiro atoms. The molecule has 0 aromatic heterocycles. The largest absolute Gasteiger partial charge is 0.374 e. The van der Waals surface area contributed by atoms with Gasteiger partial charge in [0.25, 0.3) is 0 Å². The highest BCUT2D eigenvalue weighted by Gasteiger charge is 2.09. The predicted molar refractivity (Wildman–Crippen MR) is 101 cm³/mol. The van der Waals surface area contributed by atoms with E-state index < -0.39 is 0 Å². The van der Waals surface area contributed by atoms with Gasteiger partial charge in [-0.3, -0.25) is 4.99 Å². The van der Waals surface area contributed by atoms with E-state index in [1.54, 1.807) is 0 Å². The van der Waals surface area contributed by atoms with Crippen LogP contribution in [0.2, 0.25) is 0 Å². The molecule has 1 saturated heterocycles. The molecule has 0 amide bonds. The van der Waals surface area contributed by atoms with Crippen molar-refractivity contribution in [2.24, 2.45) is 4.99 Å². The zero-order valence-corrected chi connectivity index (χ0v) is 14.5. The van der Waals surface area contributed by atoms with E-state index in [0.717, 1.165) is 13.0 Å². The molecule has 1 aliphatic heterocycles. The van der Waals surface area contributed by atoms with E-state index in [0.29, 0.717) is 0 Å². The van der Waals surface area contributed by atoms with Crippen LogP contribution in [0.15, 0.2) is 59.6 Å². The van der Waals surface area contributed by atoms with Gasteiger partial charge >= 0.3 is 0 Å². The molecular formula is C20H25ClN2. The lowest BCUT2D eigenvalue weighted by Gasteiger charge is -2.12. The third-order valence-corrected chi connectivity index (χ3v) is 4.27. The van der Waals surface area contributed by atoms with Crippen molar-refractivity contribution in [1.82, 2.24) is 5.32 Å². The number of nitrogens with zero attached hydrogens (tertiary/aromatic N) is 1. The van der Waals surface area contributed by atoms with Gasteiger partial charge in [-0.25, -0.2) is 0 Å². The summed E-state index contributed by atoms with van der Waals surface area (Å²) in [4.78, 5) is 4.87. The molecule has 1 heterocycles. The number of amidine groups is 1. The van der Waals surface area contributed by atoms with E-state index in [9.17, 15) is 0 Å². The van der Waals surface area contributed by atoms with Crippen LogP contribution in [0.5, 0.6) is 0 Å². The highest BCUT2D eigenvalue weighted by molar-refractivity contribution is 5.85. The Morgan fingerprint density at radius 1 is 0.870 bits per heavy atom. The molecule has 0 radical (unpaired) electrons. The highest BCUT2D eigenvalue weighted by atomic mass is 35.5. The first-order chi connectivity index (χ1) is 10.8. The first-order valence-electron chi connectivity index (χ1n) is 8.29. The third kappa shape index (κ3) is 4.84. The molecule has 1 N–H and O–H groups in total. The summed E-state index contributed by atoms with van der Waals surface area (Å²) in [5, 5.41) is 3.47. The molecule has 23 heavy (non-hydrogen) atoms. The van der Waals surface area contributed by atoms with Crippen molar-refractivity contribution < 1.29 is 0 Å². The number of hydrogen-bond donors (Lipinski definition) is 1. The smallest absolute Gasteiger partial charge is 0.0970 e. The van der Waals surface area contributed by atoms with Crippen LogP contribution in [0, 0.1) is 0 Å². The Labute approximate surface area is 145 Å². The molecule has 3 heteroatoms. The van der Waals surface area contributed by atoms with Crippen LogP contribution in [-0.4, -0.2) is 12.4 Å². The van der Waals surface area contributed by atoms with Gasteiger partial charge in [-0.1, -0.05) is 61.0 Å². The molecule has 1 fully saturated rings. The summed E-state index contributed by atoms with van der Waals surface area (Å²) in [6, 6.07) is 19.5. The maximum atomic E-state index is 4.87. The van der Waals surface area contributed by atoms with Gasteiger partial charge in [-0.15, -0.1) is 12.4 Å². The average molecular weight is 329 g/mol. The molecule has 1 unspecified atom stereocenters. The van der Waals surface area contributed by atoms with E-state index in [-0.39, 0.29) is 18.4 Å². The van der Waals surface area contributed by atoms with Gasteiger partial charge in [0.05, 0.1) is 11.9 Å². The molecule has 1 aliphatic rings. The molecule has 1 atom stereocenters. The zero-order chi connectivity index (χ0) is 15.2. The number of nitrogens with one attached hydrogen (secondary N) is 1. The van der Waals surface area contributed by atoms with Crippen molar-refractivity contribution in [3.63, 3.8) is 0 Å². The Morgan fingerprint density at radius 3 is 2.30 bits per heavy atom.